The molecule has 0 aromatic heterocycles. The molecule has 2 aromatic carbocycles. The molecule has 0 bridgehead atoms. The minimum Gasteiger partial charge on any atom is -0.397 e. The largest absolute Gasteiger partial charge is 0.397 e. The van der Waals surface area contributed by atoms with Gasteiger partial charge in [-0.25, -0.2) is 0 Å². The predicted molar refractivity (Wildman–Crippen MR) is 87.7 cm³/mol. The van der Waals surface area contributed by atoms with E-state index in [1.807, 2.05) is 31.2 Å². The highest BCUT2D eigenvalue weighted by molar-refractivity contribution is 6.30. The van der Waals surface area contributed by atoms with Gasteiger partial charge in [0.25, 0.3) is 5.91 Å². The minimum atomic E-state index is -0.156. The smallest absolute Gasteiger partial charge is 0.251 e. The van der Waals surface area contributed by atoms with Crippen molar-refractivity contribution in [1.82, 2.24) is 5.32 Å². The van der Waals surface area contributed by atoms with E-state index >= 15 is 0 Å². The van der Waals surface area contributed by atoms with Crippen molar-refractivity contribution in [3.8, 4) is 0 Å². The van der Waals surface area contributed by atoms with Crippen molar-refractivity contribution in [3.63, 3.8) is 0 Å². The van der Waals surface area contributed by atoms with Crippen molar-refractivity contribution < 1.29 is 4.79 Å². The van der Waals surface area contributed by atoms with Crippen LogP contribution in [0, 0.1) is 0 Å². The van der Waals surface area contributed by atoms with Crippen molar-refractivity contribution in [1.29, 1.82) is 0 Å². The van der Waals surface area contributed by atoms with Crippen molar-refractivity contribution in [2.45, 2.75) is 13.0 Å². The molecule has 1 unspecified atom stereocenters. The Morgan fingerprint density at radius 2 is 2.00 bits per heavy atom. The highest BCUT2D eigenvalue weighted by atomic mass is 35.5. The Morgan fingerprint density at radius 1 is 1.24 bits per heavy atom. The fourth-order valence-electron chi connectivity index (χ4n) is 2.07. The van der Waals surface area contributed by atoms with Crippen LogP contribution in [0.1, 0.15) is 28.9 Å². The first-order chi connectivity index (χ1) is 10.0. The van der Waals surface area contributed by atoms with Gasteiger partial charge in [-0.3, -0.25) is 4.79 Å². The first-order valence-electron chi connectivity index (χ1n) is 6.65. The molecule has 0 aliphatic heterocycles. The lowest BCUT2D eigenvalue weighted by molar-refractivity contribution is 0.0963. The molecule has 4 N–H and O–H groups in total. The molecule has 1 amide bonds. The zero-order chi connectivity index (χ0) is 15.4. The standard InChI is InChI=1S/C16H18ClN3O/c1-10(11-4-3-5-13(17)8-11)20-15-7-6-12(9-14(15)18)16(21)19-2/h3-10,20H,18H2,1-2H3,(H,19,21). The molecular formula is C16H18ClN3O. The van der Waals surface area contributed by atoms with Crippen LogP contribution in [-0.2, 0) is 0 Å². The fraction of sp³-hybridized carbons (Fsp3) is 0.188. The Kier molecular flexibility index (Phi) is 4.70. The van der Waals surface area contributed by atoms with Crippen LogP contribution in [0.25, 0.3) is 0 Å². The first kappa shape index (κ1) is 15.2. The second kappa shape index (κ2) is 6.50. The third-order valence-electron chi connectivity index (χ3n) is 3.26. The van der Waals surface area contributed by atoms with Crippen molar-refractivity contribution in [2.24, 2.45) is 0 Å². The predicted octanol–water partition coefficient (Wildman–Crippen LogP) is 3.45. The van der Waals surface area contributed by atoms with Gasteiger partial charge in [-0.15, -0.1) is 0 Å². The maximum atomic E-state index is 11.6. The number of hydrogen-bond acceptors (Lipinski definition) is 3. The molecule has 0 heterocycles. The van der Waals surface area contributed by atoms with Crippen LogP contribution in [0.5, 0.6) is 0 Å². The van der Waals surface area contributed by atoms with Gasteiger partial charge < -0.3 is 16.4 Å². The molecule has 0 aliphatic rings. The number of benzene rings is 2. The van der Waals surface area contributed by atoms with Crippen molar-refractivity contribution in [3.05, 3.63) is 58.6 Å². The van der Waals surface area contributed by atoms with Gasteiger partial charge in [0, 0.05) is 23.7 Å². The lowest BCUT2D eigenvalue weighted by Gasteiger charge is -2.18. The van der Waals surface area contributed by atoms with E-state index in [1.165, 1.54) is 0 Å². The molecule has 0 radical (unpaired) electrons. The maximum absolute atomic E-state index is 11.6. The van der Waals surface area contributed by atoms with Gasteiger partial charge in [0.15, 0.2) is 0 Å². The highest BCUT2D eigenvalue weighted by Gasteiger charge is 2.10. The van der Waals surface area contributed by atoms with Crippen molar-refractivity contribution >= 4 is 28.9 Å². The Labute approximate surface area is 129 Å². The molecule has 0 saturated carbocycles. The maximum Gasteiger partial charge on any atom is 0.251 e. The summed E-state index contributed by atoms with van der Waals surface area (Å²) in [6.07, 6.45) is 0. The van der Waals surface area contributed by atoms with E-state index in [0.717, 1.165) is 11.3 Å². The van der Waals surface area contributed by atoms with E-state index in [2.05, 4.69) is 10.6 Å². The number of anilines is 2. The average molecular weight is 304 g/mol. The fourth-order valence-corrected chi connectivity index (χ4v) is 2.27. The van der Waals surface area contributed by atoms with Crippen LogP contribution in [0.2, 0.25) is 5.02 Å². The number of carbonyl (C=O) groups is 1. The summed E-state index contributed by atoms with van der Waals surface area (Å²) in [6, 6.07) is 12.9. The number of nitrogens with one attached hydrogen (secondary N) is 2. The zero-order valence-electron chi connectivity index (χ0n) is 12.0. The molecule has 21 heavy (non-hydrogen) atoms. The lowest BCUT2D eigenvalue weighted by Crippen LogP contribution is -2.18. The van der Waals surface area contributed by atoms with Gasteiger partial charge in [-0.1, -0.05) is 23.7 Å². The normalized spacial score (nSPS) is 11.8. The molecule has 0 aliphatic carbocycles. The number of nitrogens with two attached hydrogens (primary N) is 1. The monoisotopic (exact) mass is 303 g/mol. The lowest BCUT2D eigenvalue weighted by atomic mass is 10.1. The highest BCUT2D eigenvalue weighted by Crippen LogP contribution is 2.26. The van der Waals surface area contributed by atoms with Gasteiger partial charge in [0.05, 0.1) is 11.4 Å². The molecule has 2 aromatic rings. The van der Waals surface area contributed by atoms with E-state index in [1.54, 1.807) is 25.2 Å². The van der Waals surface area contributed by atoms with Crippen molar-refractivity contribution in [2.75, 3.05) is 18.1 Å². The van der Waals surface area contributed by atoms with Gasteiger partial charge in [0.2, 0.25) is 0 Å². The van der Waals surface area contributed by atoms with Gasteiger partial charge in [-0.05, 0) is 42.8 Å². The minimum absolute atomic E-state index is 0.0526. The molecular weight excluding hydrogens is 286 g/mol. The molecule has 2 rings (SSSR count). The molecule has 5 heteroatoms. The summed E-state index contributed by atoms with van der Waals surface area (Å²) in [5.41, 5.74) is 8.93. The third kappa shape index (κ3) is 3.67. The number of amides is 1. The first-order valence-corrected chi connectivity index (χ1v) is 7.02. The summed E-state index contributed by atoms with van der Waals surface area (Å²) < 4.78 is 0. The third-order valence-corrected chi connectivity index (χ3v) is 3.50. The molecule has 0 saturated heterocycles. The number of halogens is 1. The summed E-state index contributed by atoms with van der Waals surface area (Å²) in [6.45, 7) is 2.03. The van der Waals surface area contributed by atoms with Gasteiger partial charge in [-0.2, -0.15) is 0 Å². The number of rotatable bonds is 4. The van der Waals surface area contributed by atoms with Crippen LogP contribution in [-0.4, -0.2) is 13.0 Å². The van der Waals surface area contributed by atoms with Crippen LogP contribution < -0.4 is 16.4 Å². The Balaban J connectivity index is 2.18. The molecule has 0 fully saturated rings. The van der Waals surface area contributed by atoms with Gasteiger partial charge >= 0.3 is 0 Å². The molecule has 4 nitrogen and oxygen atoms in total. The Bertz CT molecular complexity index is 658. The van der Waals surface area contributed by atoms with Crippen LogP contribution in [0.4, 0.5) is 11.4 Å². The summed E-state index contributed by atoms with van der Waals surface area (Å²) in [5, 5.41) is 6.59. The Hall–Kier alpha value is -2.20. The molecule has 0 spiro atoms. The summed E-state index contributed by atoms with van der Waals surface area (Å²) in [7, 11) is 1.59. The summed E-state index contributed by atoms with van der Waals surface area (Å²) >= 11 is 6.00. The van der Waals surface area contributed by atoms with E-state index in [-0.39, 0.29) is 11.9 Å². The van der Waals surface area contributed by atoms with E-state index in [9.17, 15) is 4.79 Å². The number of carbonyl (C=O) groups excluding carboxylic acids is 1. The quantitative estimate of drug-likeness (QED) is 0.758. The molecule has 110 valence electrons. The summed E-state index contributed by atoms with van der Waals surface area (Å²) in [4.78, 5) is 11.6. The zero-order valence-corrected chi connectivity index (χ0v) is 12.7. The second-order valence-electron chi connectivity index (χ2n) is 4.80. The van der Waals surface area contributed by atoms with E-state index < -0.39 is 0 Å². The molecule has 1 atom stereocenters. The van der Waals surface area contributed by atoms with Crippen LogP contribution >= 0.6 is 11.6 Å². The average Bonchev–Trinajstić information content (AvgIpc) is 2.48. The Morgan fingerprint density at radius 3 is 2.62 bits per heavy atom. The summed E-state index contributed by atoms with van der Waals surface area (Å²) in [5.74, 6) is -0.156. The van der Waals surface area contributed by atoms with Crippen LogP contribution in [0.15, 0.2) is 42.5 Å². The SMILES string of the molecule is CNC(=O)c1ccc(NC(C)c2cccc(Cl)c2)c(N)c1. The number of hydrogen-bond donors (Lipinski definition) is 3. The second-order valence-corrected chi connectivity index (χ2v) is 5.24. The van der Waals surface area contributed by atoms with E-state index in [0.29, 0.717) is 16.3 Å². The topological polar surface area (TPSA) is 67.2 Å². The van der Waals surface area contributed by atoms with Gasteiger partial charge in [0.1, 0.15) is 0 Å². The van der Waals surface area contributed by atoms with E-state index in [4.69, 9.17) is 17.3 Å². The van der Waals surface area contributed by atoms with Crippen LogP contribution in [0.3, 0.4) is 0 Å². The number of nitrogen functional groups attached to an aromatic ring is 1.